The van der Waals surface area contributed by atoms with Gasteiger partial charge in [0.15, 0.2) is 12.4 Å². The van der Waals surface area contributed by atoms with Crippen LogP contribution < -0.4 is 14.8 Å². The molecule has 0 fully saturated rings. The average Bonchev–Trinajstić information content (AvgIpc) is 2.76. The number of sulfonamides is 1. The molecule has 168 valence electrons. The van der Waals surface area contributed by atoms with Gasteiger partial charge in [-0.05, 0) is 36.6 Å². The Labute approximate surface area is 186 Å². The molecule has 0 bridgehead atoms. The van der Waals surface area contributed by atoms with Crippen LogP contribution >= 0.6 is 0 Å². The van der Waals surface area contributed by atoms with Gasteiger partial charge in [0, 0.05) is 19.5 Å². The van der Waals surface area contributed by atoms with Gasteiger partial charge in [-0.2, -0.15) is 0 Å². The SMILES string of the molecule is COc1ccc(S(=O)(=O)N(C)C)cc1NC(=O)COc1c(C(C)=O)ccc2ccccc12. The van der Waals surface area contributed by atoms with Crippen LogP contribution in [0, 0.1) is 0 Å². The van der Waals surface area contributed by atoms with Crippen LogP contribution in [0.2, 0.25) is 0 Å². The van der Waals surface area contributed by atoms with E-state index >= 15 is 0 Å². The summed E-state index contributed by atoms with van der Waals surface area (Å²) < 4.78 is 36.9. The molecule has 3 aromatic rings. The van der Waals surface area contributed by atoms with E-state index < -0.39 is 15.9 Å². The zero-order valence-corrected chi connectivity index (χ0v) is 19.0. The number of carbonyl (C=O) groups is 2. The first-order valence-electron chi connectivity index (χ1n) is 9.71. The maximum Gasteiger partial charge on any atom is 0.262 e. The average molecular weight is 457 g/mol. The van der Waals surface area contributed by atoms with Crippen molar-refractivity contribution in [3.8, 4) is 11.5 Å². The summed E-state index contributed by atoms with van der Waals surface area (Å²) in [6.07, 6.45) is 0. The highest BCUT2D eigenvalue weighted by atomic mass is 32.2. The van der Waals surface area contributed by atoms with Gasteiger partial charge in [0.05, 0.1) is 23.3 Å². The summed E-state index contributed by atoms with van der Waals surface area (Å²) in [7, 11) is 0.555. The van der Waals surface area contributed by atoms with E-state index in [9.17, 15) is 18.0 Å². The lowest BCUT2D eigenvalue weighted by Crippen LogP contribution is -2.23. The topological polar surface area (TPSA) is 102 Å². The highest BCUT2D eigenvalue weighted by molar-refractivity contribution is 7.89. The third-order valence-electron chi connectivity index (χ3n) is 4.83. The predicted octanol–water partition coefficient (Wildman–Crippen LogP) is 3.32. The molecule has 0 atom stereocenters. The molecule has 0 saturated carbocycles. The summed E-state index contributed by atoms with van der Waals surface area (Å²) >= 11 is 0. The summed E-state index contributed by atoms with van der Waals surface area (Å²) in [5, 5.41) is 4.21. The van der Waals surface area contributed by atoms with Crippen molar-refractivity contribution < 1.29 is 27.5 Å². The fraction of sp³-hybridized carbons (Fsp3) is 0.217. The second-order valence-corrected chi connectivity index (χ2v) is 9.36. The lowest BCUT2D eigenvalue weighted by atomic mass is 10.0. The highest BCUT2D eigenvalue weighted by Gasteiger charge is 2.20. The summed E-state index contributed by atoms with van der Waals surface area (Å²) in [5.74, 6) is -0.105. The molecule has 3 aromatic carbocycles. The molecule has 0 aliphatic rings. The van der Waals surface area contributed by atoms with Crippen molar-refractivity contribution in [1.29, 1.82) is 0 Å². The molecule has 3 rings (SSSR count). The third kappa shape index (κ3) is 4.74. The Kier molecular flexibility index (Phi) is 6.81. The minimum atomic E-state index is -3.70. The van der Waals surface area contributed by atoms with Crippen LogP contribution in [-0.2, 0) is 14.8 Å². The highest BCUT2D eigenvalue weighted by Crippen LogP contribution is 2.31. The number of ether oxygens (including phenoxy) is 2. The fourth-order valence-corrected chi connectivity index (χ4v) is 4.08. The quantitative estimate of drug-likeness (QED) is 0.522. The normalized spacial score (nSPS) is 11.4. The molecule has 0 aromatic heterocycles. The number of carbonyl (C=O) groups excluding carboxylic acids is 2. The van der Waals surface area contributed by atoms with Crippen molar-refractivity contribution in [2.24, 2.45) is 0 Å². The second-order valence-electron chi connectivity index (χ2n) is 7.21. The van der Waals surface area contributed by atoms with Gasteiger partial charge in [-0.15, -0.1) is 0 Å². The molecule has 9 heteroatoms. The number of benzene rings is 3. The first kappa shape index (κ1) is 23.2. The molecular formula is C23H24N2O6S. The van der Waals surface area contributed by atoms with E-state index in [1.165, 1.54) is 46.3 Å². The van der Waals surface area contributed by atoms with Gasteiger partial charge in [0.25, 0.3) is 5.91 Å². The number of fused-ring (bicyclic) bond motifs is 1. The molecule has 0 unspecified atom stereocenters. The molecule has 0 spiro atoms. The van der Waals surface area contributed by atoms with E-state index in [1.54, 1.807) is 6.07 Å². The fourth-order valence-electron chi connectivity index (χ4n) is 3.16. The van der Waals surface area contributed by atoms with Crippen molar-refractivity contribution >= 4 is 38.2 Å². The van der Waals surface area contributed by atoms with Gasteiger partial charge in [-0.3, -0.25) is 9.59 Å². The monoisotopic (exact) mass is 456 g/mol. The molecule has 0 aliphatic carbocycles. The number of Topliss-reactive ketones (excluding diaryl/α,β-unsaturated/α-hetero) is 1. The molecule has 1 amide bonds. The van der Waals surface area contributed by atoms with E-state index in [2.05, 4.69) is 5.32 Å². The van der Waals surface area contributed by atoms with Crippen LogP contribution in [-0.4, -0.2) is 52.2 Å². The van der Waals surface area contributed by atoms with Crippen LogP contribution in [0.15, 0.2) is 59.5 Å². The van der Waals surface area contributed by atoms with Gasteiger partial charge < -0.3 is 14.8 Å². The number of anilines is 1. The summed E-state index contributed by atoms with van der Waals surface area (Å²) in [6.45, 7) is 1.04. The van der Waals surface area contributed by atoms with Crippen molar-refractivity contribution in [3.63, 3.8) is 0 Å². The Morgan fingerprint density at radius 1 is 1.03 bits per heavy atom. The van der Waals surface area contributed by atoms with Crippen LogP contribution in [0.4, 0.5) is 5.69 Å². The van der Waals surface area contributed by atoms with E-state index in [1.807, 2.05) is 30.3 Å². The number of hydrogen-bond acceptors (Lipinski definition) is 6. The van der Waals surface area contributed by atoms with Crippen molar-refractivity contribution in [2.75, 3.05) is 33.1 Å². The number of ketones is 1. The van der Waals surface area contributed by atoms with Crippen molar-refractivity contribution in [2.45, 2.75) is 11.8 Å². The van der Waals surface area contributed by atoms with Gasteiger partial charge >= 0.3 is 0 Å². The third-order valence-corrected chi connectivity index (χ3v) is 6.64. The van der Waals surface area contributed by atoms with Crippen LogP contribution in [0.25, 0.3) is 10.8 Å². The zero-order valence-electron chi connectivity index (χ0n) is 18.2. The molecule has 0 radical (unpaired) electrons. The van der Waals surface area contributed by atoms with Gasteiger partial charge in [0.1, 0.15) is 11.5 Å². The molecular weight excluding hydrogens is 432 g/mol. The lowest BCUT2D eigenvalue weighted by molar-refractivity contribution is -0.118. The smallest absolute Gasteiger partial charge is 0.262 e. The maximum atomic E-state index is 12.6. The number of methoxy groups -OCH3 is 1. The number of nitrogens with one attached hydrogen (secondary N) is 1. The Hall–Kier alpha value is -3.43. The largest absolute Gasteiger partial charge is 0.495 e. The zero-order chi connectivity index (χ0) is 23.5. The van der Waals surface area contributed by atoms with Gasteiger partial charge in [-0.1, -0.05) is 30.3 Å². The number of hydrogen-bond donors (Lipinski definition) is 1. The Morgan fingerprint density at radius 3 is 2.41 bits per heavy atom. The number of amides is 1. The van der Waals surface area contributed by atoms with Crippen LogP contribution in [0.1, 0.15) is 17.3 Å². The second kappa shape index (κ2) is 9.37. The Morgan fingerprint density at radius 2 is 1.75 bits per heavy atom. The predicted molar refractivity (Wildman–Crippen MR) is 122 cm³/mol. The number of rotatable bonds is 8. The molecule has 0 saturated heterocycles. The molecule has 0 heterocycles. The molecule has 0 aliphatic heterocycles. The van der Waals surface area contributed by atoms with Crippen LogP contribution in [0.5, 0.6) is 11.5 Å². The van der Waals surface area contributed by atoms with Crippen LogP contribution in [0.3, 0.4) is 0 Å². The molecule has 8 nitrogen and oxygen atoms in total. The summed E-state index contributed by atoms with van der Waals surface area (Å²) in [4.78, 5) is 24.7. The van der Waals surface area contributed by atoms with E-state index in [-0.39, 0.29) is 23.0 Å². The van der Waals surface area contributed by atoms with Crippen molar-refractivity contribution in [3.05, 3.63) is 60.2 Å². The standard InChI is InChI=1S/C23H24N2O6S/c1-15(26)18-11-9-16-7-5-6-8-19(16)23(18)31-14-22(27)24-20-13-17(10-12-21(20)30-4)32(28,29)25(2)3/h5-13H,14H2,1-4H3,(H,24,27). The Balaban J connectivity index is 1.86. The molecule has 1 N–H and O–H groups in total. The van der Waals surface area contributed by atoms with Crippen molar-refractivity contribution in [1.82, 2.24) is 4.31 Å². The number of nitrogens with zero attached hydrogens (tertiary/aromatic N) is 1. The minimum Gasteiger partial charge on any atom is -0.495 e. The maximum absolute atomic E-state index is 12.6. The van der Waals surface area contributed by atoms with E-state index in [4.69, 9.17) is 9.47 Å². The minimum absolute atomic E-state index is 0.00689. The first-order chi connectivity index (χ1) is 15.1. The Bertz CT molecular complexity index is 1280. The van der Waals surface area contributed by atoms with E-state index in [0.29, 0.717) is 22.4 Å². The van der Waals surface area contributed by atoms with Gasteiger partial charge in [0.2, 0.25) is 10.0 Å². The summed E-state index contributed by atoms with van der Waals surface area (Å²) in [6, 6.07) is 15.1. The van der Waals surface area contributed by atoms with E-state index in [0.717, 1.165) is 9.69 Å². The first-order valence-corrected chi connectivity index (χ1v) is 11.1. The summed E-state index contributed by atoms with van der Waals surface area (Å²) in [5.41, 5.74) is 0.557. The molecule has 32 heavy (non-hydrogen) atoms. The van der Waals surface area contributed by atoms with Gasteiger partial charge in [-0.25, -0.2) is 12.7 Å². The lowest BCUT2D eigenvalue weighted by Gasteiger charge is -2.16.